The second kappa shape index (κ2) is 4.29. The summed E-state index contributed by atoms with van der Waals surface area (Å²) in [5.74, 6) is 0.508. The summed E-state index contributed by atoms with van der Waals surface area (Å²) in [6, 6.07) is 8.78. The molecule has 0 radical (unpaired) electrons. The monoisotopic (exact) mass is 233 g/mol. The minimum atomic E-state index is -0.455. The molecule has 2 rings (SSSR count). The van der Waals surface area contributed by atoms with E-state index in [1.165, 1.54) is 14.2 Å². The Hall–Kier alpha value is -2.30. The fraction of sp³-hybridized carbons (Fsp3) is 0.167. The molecule has 0 bridgehead atoms. The van der Waals surface area contributed by atoms with Gasteiger partial charge in [0.15, 0.2) is 5.75 Å². The third-order valence-electron chi connectivity index (χ3n) is 2.55. The van der Waals surface area contributed by atoms with Crippen LogP contribution in [0.2, 0.25) is 0 Å². The Morgan fingerprint density at radius 2 is 1.88 bits per heavy atom. The van der Waals surface area contributed by atoms with E-state index in [-0.39, 0.29) is 11.4 Å². The molecule has 0 amide bonds. The second-order valence-corrected chi connectivity index (χ2v) is 3.44. The van der Waals surface area contributed by atoms with Crippen LogP contribution in [-0.2, 0) is 0 Å². The van der Waals surface area contributed by atoms with Gasteiger partial charge in [0.25, 0.3) is 0 Å². The fourth-order valence-corrected chi connectivity index (χ4v) is 1.81. The zero-order valence-corrected chi connectivity index (χ0v) is 9.47. The van der Waals surface area contributed by atoms with Crippen molar-refractivity contribution in [2.75, 3.05) is 14.2 Å². The number of rotatable bonds is 3. The van der Waals surface area contributed by atoms with Gasteiger partial charge >= 0.3 is 5.69 Å². The molecule has 0 heterocycles. The number of hydrogen-bond donors (Lipinski definition) is 0. The van der Waals surface area contributed by atoms with E-state index in [1.807, 2.05) is 6.07 Å². The SMILES string of the molecule is COc1cc2ccccc2c([N+](=O)[O-])c1OC. The molecule has 0 saturated carbocycles. The second-order valence-electron chi connectivity index (χ2n) is 3.44. The van der Waals surface area contributed by atoms with Crippen LogP contribution in [-0.4, -0.2) is 19.1 Å². The number of nitrogens with zero attached hydrogens (tertiary/aromatic N) is 1. The van der Waals surface area contributed by atoms with Crippen LogP contribution in [0, 0.1) is 10.1 Å². The first-order chi connectivity index (χ1) is 8.19. The van der Waals surface area contributed by atoms with Gasteiger partial charge in [0.1, 0.15) is 0 Å². The molecule has 2 aromatic rings. The Morgan fingerprint density at radius 3 is 2.47 bits per heavy atom. The average Bonchev–Trinajstić information content (AvgIpc) is 2.35. The maximum Gasteiger partial charge on any atom is 0.322 e. The number of nitro groups is 1. The number of nitro benzene ring substituents is 1. The molecule has 0 N–H and O–H groups in total. The van der Waals surface area contributed by atoms with Crippen molar-refractivity contribution >= 4 is 16.5 Å². The van der Waals surface area contributed by atoms with Crippen LogP contribution in [0.15, 0.2) is 30.3 Å². The predicted octanol–water partition coefficient (Wildman–Crippen LogP) is 2.77. The van der Waals surface area contributed by atoms with Gasteiger partial charge in [-0.1, -0.05) is 18.2 Å². The summed E-state index contributed by atoms with van der Waals surface area (Å²) in [6.07, 6.45) is 0. The fourth-order valence-electron chi connectivity index (χ4n) is 1.81. The predicted molar refractivity (Wildman–Crippen MR) is 63.7 cm³/mol. The van der Waals surface area contributed by atoms with Crippen LogP contribution < -0.4 is 9.47 Å². The molecule has 0 saturated heterocycles. The van der Waals surface area contributed by atoms with Crippen molar-refractivity contribution in [2.45, 2.75) is 0 Å². The highest BCUT2D eigenvalue weighted by Gasteiger charge is 2.23. The van der Waals surface area contributed by atoms with Crippen LogP contribution in [0.4, 0.5) is 5.69 Å². The van der Waals surface area contributed by atoms with Crippen molar-refractivity contribution in [3.05, 3.63) is 40.4 Å². The summed E-state index contributed by atoms with van der Waals surface area (Å²) in [7, 11) is 2.84. The molecule has 5 nitrogen and oxygen atoms in total. The molecule has 0 aromatic heterocycles. The molecule has 0 aliphatic heterocycles. The van der Waals surface area contributed by atoms with Gasteiger partial charge in [-0.3, -0.25) is 10.1 Å². The maximum atomic E-state index is 11.1. The average molecular weight is 233 g/mol. The zero-order chi connectivity index (χ0) is 12.4. The molecule has 2 aromatic carbocycles. The lowest BCUT2D eigenvalue weighted by Gasteiger charge is -2.10. The molecular weight excluding hydrogens is 222 g/mol. The lowest BCUT2D eigenvalue weighted by Crippen LogP contribution is -1.98. The van der Waals surface area contributed by atoms with Crippen molar-refractivity contribution < 1.29 is 14.4 Å². The normalized spacial score (nSPS) is 10.2. The Bertz CT molecular complexity index is 580. The van der Waals surface area contributed by atoms with Gasteiger partial charge in [0.2, 0.25) is 5.75 Å². The molecule has 0 fully saturated rings. The van der Waals surface area contributed by atoms with Crippen molar-refractivity contribution in [1.82, 2.24) is 0 Å². The molecule has 88 valence electrons. The Morgan fingerprint density at radius 1 is 1.18 bits per heavy atom. The van der Waals surface area contributed by atoms with Gasteiger partial charge in [0, 0.05) is 0 Å². The van der Waals surface area contributed by atoms with Gasteiger partial charge in [-0.05, 0) is 17.5 Å². The van der Waals surface area contributed by atoms with Crippen LogP contribution in [0.25, 0.3) is 10.8 Å². The van der Waals surface area contributed by atoms with Gasteiger partial charge < -0.3 is 9.47 Å². The molecule has 0 aliphatic rings. The Kier molecular flexibility index (Phi) is 2.82. The van der Waals surface area contributed by atoms with E-state index < -0.39 is 4.92 Å². The van der Waals surface area contributed by atoms with Gasteiger partial charge in [-0.2, -0.15) is 0 Å². The van der Waals surface area contributed by atoms with Gasteiger partial charge in [-0.25, -0.2) is 0 Å². The smallest absolute Gasteiger partial charge is 0.322 e. The third-order valence-corrected chi connectivity index (χ3v) is 2.55. The Labute approximate surface area is 97.7 Å². The summed E-state index contributed by atoms with van der Waals surface area (Å²) in [4.78, 5) is 10.7. The van der Waals surface area contributed by atoms with Crippen molar-refractivity contribution in [3.8, 4) is 11.5 Å². The minimum Gasteiger partial charge on any atom is -0.493 e. The summed E-state index contributed by atoms with van der Waals surface area (Å²) in [5.41, 5.74) is -0.0672. The highest BCUT2D eigenvalue weighted by molar-refractivity contribution is 5.95. The largest absolute Gasteiger partial charge is 0.493 e. The number of ether oxygens (including phenoxy) is 2. The molecule has 0 atom stereocenters. The topological polar surface area (TPSA) is 61.6 Å². The first-order valence-corrected chi connectivity index (χ1v) is 4.97. The number of hydrogen-bond acceptors (Lipinski definition) is 4. The summed E-state index contributed by atoms with van der Waals surface area (Å²) in [5, 5.41) is 12.4. The van der Waals surface area contributed by atoms with E-state index in [4.69, 9.17) is 9.47 Å². The van der Waals surface area contributed by atoms with Crippen molar-refractivity contribution in [2.24, 2.45) is 0 Å². The lowest BCUT2D eigenvalue weighted by molar-refractivity contribution is -0.384. The van der Waals surface area contributed by atoms with E-state index >= 15 is 0 Å². The van der Waals surface area contributed by atoms with Crippen LogP contribution in [0.5, 0.6) is 11.5 Å². The van der Waals surface area contributed by atoms with E-state index in [1.54, 1.807) is 24.3 Å². The first kappa shape index (κ1) is 11.2. The summed E-state index contributed by atoms with van der Waals surface area (Å²) < 4.78 is 10.2. The van der Waals surface area contributed by atoms with Gasteiger partial charge in [0.05, 0.1) is 24.5 Å². The molecule has 0 unspecified atom stereocenters. The van der Waals surface area contributed by atoms with E-state index in [2.05, 4.69) is 0 Å². The zero-order valence-electron chi connectivity index (χ0n) is 9.47. The minimum absolute atomic E-state index is 0.0672. The number of benzene rings is 2. The number of fused-ring (bicyclic) bond motifs is 1. The third kappa shape index (κ3) is 1.75. The van der Waals surface area contributed by atoms with Crippen LogP contribution >= 0.6 is 0 Å². The quantitative estimate of drug-likeness (QED) is 0.604. The van der Waals surface area contributed by atoms with Crippen molar-refractivity contribution in [3.63, 3.8) is 0 Å². The van der Waals surface area contributed by atoms with Crippen LogP contribution in [0.1, 0.15) is 0 Å². The standard InChI is InChI=1S/C12H11NO4/c1-16-10-7-8-5-3-4-6-9(8)11(13(14)15)12(10)17-2/h3-7H,1-2H3. The molecule has 0 aliphatic carbocycles. The van der Waals surface area contributed by atoms with Gasteiger partial charge in [-0.15, -0.1) is 0 Å². The molecular formula is C12H11NO4. The van der Waals surface area contributed by atoms with E-state index in [9.17, 15) is 10.1 Å². The molecule has 17 heavy (non-hydrogen) atoms. The molecule has 5 heteroatoms. The molecule has 0 spiro atoms. The van der Waals surface area contributed by atoms with Crippen molar-refractivity contribution in [1.29, 1.82) is 0 Å². The lowest BCUT2D eigenvalue weighted by atomic mass is 10.1. The maximum absolute atomic E-state index is 11.1. The highest BCUT2D eigenvalue weighted by atomic mass is 16.6. The number of methoxy groups -OCH3 is 2. The highest BCUT2D eigenvalue weighted by Crippen LogP contribution is 2.42. The van der Waals surface area contributed by atoms with Crippen LogP contribution in [0.3, 0.4) is 0 Å². The van der Waals surface area contributed by atoms with E-state index in [0.29, 0.717) is 11.1 Å². The first-order valence-electron chi connectivity index (χ1n) is 4.97. The summed E-state index contributed by atoms with van der Waals surface area (Å²) in [6.45, 7) is 0. The summed E-state index contributed by atoms with van der Waals surface area (Å²) >= 11 is 0. The Balaban J connectivity index is 2.90. The van der Waals surface area contributed by atoms with E-state index in [0.717, 1.165) is 5.39 Å².